The van der Waals surface area contributed by atoms with E-state index in [4.69, 9.17) is 4.74 Å². The summed E-state index contributed by atoms with van der Waals surface area (Å²) in [4.78, 5) is 2.40. The van der Waals surface area contributed by atoms with Gasteiger partial charge in [-0.25, -0.2) is 0 Å². The Morgan fingerprint density at radius 1 is 0.875 bits per heavy atom. The van der Waals surface area contributed by atoms with Gasteiger partial charge < -0.3 is 19.5 Å². The SMILES string of the molecule is Cc1c(-c2ccc(O)cc2)n(Cc2ccc(OCCN3CCC3)cc2)c2ccc(O)cc12. The van der Waals surface area contributed by atoms with Crippen LogP contribution in [0.1, 0.15) is 17.5 Å². The summed E-state index contributed by atoms with van der Waals surface area (Å²) in [7, 11) is 0. The molecule has 1 fully saturated rings. The Balaban J connectivity index is 1.44. The van der Waals surface area contributed by atoms with Crippen LogP contribution >= 0.6 is 0 Å². The average molecular weight is 429 g/mol. The first kappa shape index (κ1) is 20.5. The van der Waals surface area contributed by atoms with Crippen LogP contribution in [0.15, 0.2) is 66.7 Å². The van der Waals surface area contributed by atoms with Gasteiger partial charge in [0.15, 0.2) is 0 Å². The van der Waals surface area contributed by atoms with Gasteiger partial charge in [-0.05, 0) is 97.7 Å². The number of benzene rings is 3. The fourth-order valence-electron chi connectivity index (χ4n) is 4.44. The zero-order valence-electron chi connectivity index (χ0n) is 18.3. The fourth-order valence-corrected chi connectivity index (χ4v) is 4.44. The van der Waals surface area contributed by atoms with Gasteiger partial charge in [0.2, 0.25) is 0 Å². The van der Waals surface area contributed by atoms with Crippen LogP contribution in [-0.4, -0.2) is 45.9 Å². The van der Waals surface area contributed by atoms with Crippen molar-refractivity contribution in [1.29, 1.82) is 0 Å². The topological polar surface area (TPSA) is 57.9 Å². The van der Waals surface area contributed by atoms with Gasteiger partial charge in [0.25, 0.3) is 0 Å². The third-order valence-corrected chi connectivity index (χ3v) is 6.33. The molecule has 32 heavy (non-hydrogen) atoms. The van der Waals surface area contributed by atoms with Crippen LogP contribution in [0.4, 0.5) is 0 Å². The first-order chi connectivity index (χ1) is 15.6. The summed E-state index contributed by atoms with van der Waals surface area (Å²) in [6.45, 7) is 6.85. The molecule has 164 valence electrons. The predicted octanol–water partition coefficient (Wildman–Crippen LogP) is 5.16. The third-order valence-electron chi connectivity index (χ3n) is 6.33. The van der Waals surface area contributed by atoms with E-state index >= 15 is 0 Å². The van der Waals surface area contributed by atoms with Gasteiger partial charge in [0, 0.05) is 24.0 Å². The van der Waals surface area contributed by atoms with Crippen LogP contribution < -0.4 is 4.74 Å². The second kappa shape index (κ2) is 8.60. The Kier molecular flexibility index (Phi) is 5.50. The van der Waals surface area contributed by atoms with E-state index < -0.39 is 0 Å². The van der Waals surface area contributed by atoms with Crippen LogP contribution in [0.3, 0.4) is 0 Å². The summed E-state index contributed by atoms with van der Waals surface area (Å²) in [5.41, 5.74) is 5.46. The molecule has 0 aliphatic carbocycles. The highest BCUT2D eigenvalue weighted by atomic mass is 16.5. The van der Waals surface area contributed by atoms with Crippen molar-refractivity contribution in [2.75, 3.05) is 26.2 Å². The molecular weight excluding hydrogens is 400 g/mol. The van der Waals surface area contributed by atoms with Crippen molar-refractivity contribution in [1.82, 2.24) is 9.47 Å². The minimum absolute atomic E-state index is 0.247. The van der Waals surface area contributed by atoms with E-state index in [0.717, 1.165) is 46.6 Å². The maximum absolute atomic E-state index is 10.0. The molecule has 1 aliphatic rings. The quantitative estimate of drug-likeness (QED) is 0.427. The number of aromatic hydroxyl groups is 2. The van der Waals surface area contributed by atoms with Gasteiger partial charge in [0.05, 0.1) is 5.69 Å². The van der Waals surface area contributed by atoms with E-state index in [1.807, 2.05) is 36.4 Å². The minimum atomic E-state index is 0.247. The molecule has 0 unspecified atom stereocenters. The third kappa shape index (κ3) is 4.04. The molecule has 0 atom stereocenters. The summed E-state index contributed by atoms with van der Waals surface area (Å²) in [6.07, 6.45) is 1.30. The Morgan fingerprint density at radius 3 is 2.28 bits per heavy atom. The molecule has 1 aliphatic heterocycles. The second-order valence-corrected chi connectivity index (χ2v) is 8.50. The Labute approximate surface area is 188 Å². The molecule has 5 rings (SSSR count). The largest absolute Gasteiger partial charge is 0.508 e. The van der Waals surface area contributed by atoms with Gasteiger partial charge >= 0.3 is 0 Å². The molecule has 0 spiro atoms. The lowest BCUT2D eigenvalue weighted by Crippen LogP contribution is -2.39. The summed E-state index contributed by atoms with van der Waals surface area (Å²) < 4.78 is 8.18. The number of phenolic OH excluding ortho intramolecular Hbond substituents is 2. The Morgan fingerprint density at radius 2 is 1.59 bits per heavy atom. The smallest absolute Gasteiger partial charge is 0.119 e. The molecule has 1 aromatic heterocycles. The molecule has 1 saturated heterocycles. The van der Waals surface area contributed by atoms with E-state index in [-0.39, 0.29) is 11.5 Å². The molecule has 0 amide bonds. The van der Waals surface area contributed by atoms with E-state index in [1.165, 1.54) is 25.1 Å². The molecule has 3 aromatic carbocycles. The van der Waals surface area contributed by atoms with Crippen molar-refractivity contribution >= 4 is 10.9 Å². The van der Waals surface area contributed by atoms with Gasteiger partial charge in [0.1, 0.15) is 23.9 Å². The molecule has 0 saturated carbocycles. The van der Waals surface area contributed by atoms with Crippen LogP contribution in [-0.2, 0) is 6.54 Å². The molecule has 0 bridgehead atoms. The van der Waals surface area contributed by atoms with E-state index in [0.29, 0.717) is 6.54 Å². The van der Waals surface area contributed by atoms with Crippen LogP contribution in [0.5, 0.6) is 17.2 Å². The van der Waals surface area contributed by atoms with Crippen LogP contribution in [0.25, 0.3) is 22.2 Å². The van der Waals surface area contributed by atoms with Gasteiger partial charge in [-0.1, -0.05) is 12.1 Å². The molecule has 2 heterocycles. The maximum atomic E-state index is 10.0. The number of hydrogen-bond acceptors (Lipinski definition) is 4. The minimum Gasteiger partial charge on any atom is -0.508 e. The monoisotopic (exact) mass is 428 g/mol. The first-order valence-corrected chi connectivity index (χ1v) is 11.1. The molecule has 0 radical (unpaired) electrons. The first-order valence-electron chi connectivity index (χ1n) is 11.1. The summed E-state index contributed by atoms with van der Waals surface area (Å²) in [5, 5.41) is 20.8. The van der Waals surface area contributed by atoms with Gasteiger partial charge in [-0.3, -0.25) is 4.90 Å². The van der Waals surface area contributed by atoms with E-state index in [9.17, 15) is 10.2 Å². The van der Waals surface area contributed by atoms with Crippen molar-refractivity contribution in [3.63, 3.8) is 0 Å². The molecule has 2 N–H and O–H groups in total. The van der Waals surface area contributed by atoms with Gasteiger partial charge in [-0.2, -0.15) is 0 Å². The van der Waals surface area contributed by atoms with Crippen molar-refractivity contribution in [2.24, 2.45) is 0 Å². The number of rotatable bonds is 7. The van der Waals surface area contributed by atoms with Crippen molar-refractivity contribution in [3.05, 3.63) is 77.9 Å². The lowest BCUT2D eigenvalue weighted by atomic mass is 10.1. The second-order valence-electron chi connectivity index (χ2n) is 8.50. The number of likely N-dealkylation sites (tertiary alicyclic amines) is 1. The summed E-state index contributed by atoms with van der Waals surface area (Å²) in [6, 6.07) is 21.1. The normalized spacial score (nSPS) is 13.9. The molecule has 5 nitrogen and oxygen atoms in total. The van der Waals surface area contributed by atoms with Crippen LogP contribution in [0.2, 0.25) is 0 Å². The fraction of sp³-hybridized carbons (Fsp3) is 0.259. The van der Waals surface area contributed by atoms with Crippen LogP contribution in [0, 0.1) is 6.92 Å². The molecule has 4 aromatic rings. The van der Waals surface area contributed by atoms with Gasteiger partial charge in [-0.15, -0.1) is 0 Å². The van der Waals surface area contributed by atoms with E-state index in [1.54, 1.807) is 18.2 Å². The molecular formula is C27H28N2O3. The van der Waals surface area contributed by atoms with Crippen molar-refractivity contribution < 1.29 is 14.9 Å². The highest BCUT2D eigenvalue weighted by Crippen LogP contribution is 2.36. The van der Waals surface area contributed by atoms with Crippen molar-refractivity contribution in [3.8, 4) is 28.5 Å². The highest BCUT2D eigenvalue weighted by Gasteiger charge is 2.17. The number of phenols is 2. The Bertz CT molecular complexity index is 1220. The predicted molar refractivity (Wildman–Crippen MR) is 128 cm³/mol. The average Bonchev–Trinajstić information content (AvgIpc) is 3.02. The number of aromatic nitrogens is 1. The maximum Gasteiger partial charge on any atom is 0.119 e. The summed E-state index contributed by atoms with van der Waals surface area (Å²) >= 11 is 0. The number of fused-ring (bicyclic) bond motifs is 1. The number of ether oxygens (including phenoxy) is 1. The summed E-state index contributed by atoms with van der Waals surface area (Å²) in [5.74, 6) is 1.40. The zero-order valence-corrected chi connectivity index (χ0v) is 18.3. The van der Waals surface area contributed by atoms with Crippen molar-refractivity contribution in [2.45, 2.75) is 19.9 Å². The number of nitrogens with zero attached hydrogens (tertiary/aromatic N) is 2. The van der Waals surface area contributed by atoms with E-state index in [2.05, 4.69) is 28.5 Å². The number of aryl methyl sites for hydroxylation is 1. The Hall–Kier alpha value is -3.44. The lowest BCUT2D eigenvalue weighted by molar-refractivity contribution is 0.147. The molecule has 5 heteroatoms. The number of hydrogen-bond donors (Lipinski definition) is 2. The highest BCUT2D eigenvalue weighted by molar-refractivity contribution is 5.92. The zero-order chi connectivity index (χ0) is 22.1. The standard InChI is InChI=1S/C27H28N2O3/c1-19-25-17-23(31)9-12-26(25)29(27(19)21-5-7-22(30)8-6-21)18-20-3-10-24(11-4-20)32-16-15-28-13-2-14-28/h3-12,17,30-31H,2,13-16,18H2,1H3. The lowest BCUT2D eigenvalue weighted by Gasteiger charge is -2.30.